The molecule has 14 nitrogen and oxygen atoms in total. The molecule has 5 aromatic rings. The molecule has 3 unspecified atom stereocenters. The molecule has 0 radical (unpaired) electrons. The summed E-state index contributed by atoms with van der Waals surface area (Å²) in [4.78, 5) is 73.9. The number of aromatic nitrogens is 3. The lowest BCUT2D eigenvalue weighted by Gasteiger charge is -2.38. The van der Waals surface area contributed by atoms with Gasteiger partial charge in [0.2, 0.25) is 11.8 Å². The van der Waals surface area contributed by atoms with E-state index >= 15 is 4.39 Å². The zero-order chi connectivity index (χ0) is 45.1. The summed E-state index contributed by atoms with van der Waals surface area (Å²) in [6.07, 6.45) is 14.9. The number of halogens is 1. The van der Waals surface area contributed by atoms with Gasteiger partial charge in [0.15, 0.2) is 5.82 Å². The van der Waals surface area contributed by atoms with Gasteiger partial charge < -0.3 is 24.8 Å². The Morgan fingerprint density at radius 3 is 2.29 bits per heavy atom. The number of benzene rings is 3. The molecule has 3 atom stereocenters. The number of anilines is 2. The third-order valence-electron chi connectivity index (χ3n) is 14.9. The van der Waals surface area contributed by atoms with Crippen LogP contribution in [0.1, 0.15) is 84.1 Å². The Balaban J connectivity index is 0.720. The Labute approximate surface area is 382 Å². The van der Waals surface area contributed by atoms with Crippen molar-refractivity contribution in [3.8, 4) is 29.6 Å². The van der Waals surface area contributed by atoms with E-state index in [0.29, 0.717) is 64.0 Å². The monoisotopic (exact) mass is 889 g/mol. The van der Waals surface area contributed by atoms with Crippen LogP contribution in [0.3, 0.4) is 0 Å². The van der Waals surface area contributed by atoms with Crippen molar-refractivity contribution in [1.82, 2.24) is 35.4 Å². The van der Waals surface area contributed by atoms with Crippen LogP contribution in [0, 0.1) is 30.0 Å². The van der Waals surface area contributed by atoms with Crippen LogP contribution in [0.15, 0.2) is 60.8 Å². The second-order valence-corrected chi connectivity index (χ2v) is 18.9. The molecule has 2 bridgehead atoms. The second-order valence-electron chi connectivity index (χ2n) is 18.9. The van der Waals surface area contributed by atoms with Gasteiger partial charge in [0.25, 0.3) is 11.8 Å². The highest BCUT2D eigenvalue weighted by atomic mass is 19.1. The fourth-order valence-electron chi connectivity index (χ4n) is 11.4. The summed E-state index contributed by atoms with van der Waals surface area (Å²) in [7, 11) is 0. The number of terminal acetylenes is 1. The minimum atomic E-state index is -0.987. The van der Waals surface area contributed by atoms with Crippen LogP contribution in [-0.2, 0) is 9.59 Å². The molecule has 2 N–H and O–H groups in total. The summed E-state index contributed by atoms with van der Waals surface area (Å²) in [5.74, 6) is 1.94. The largest absolute Gasteiger partial charge is 0.463 e. The second kappa shape index (κ2) is 17.4. The van der Waals surface area contributed by atoms with Gasteiger partial charge in [-0.2, -0.15) is 9.97 Å². The zero-order valence-electron chi connectivity index (χ0n) is 36.8. The summed E-state index contributed by atoms with van der Waals surface area (Å²) in [5.41, 5.74) is 3.07. The van der Waals surface area contributed by atoms with E-state index in [1.54, 1.807) is 18.3 Å². The Bertz CT molecular complexity index is 2810. The van der Waals surface area contributed by atoms with Crippen LogP contribution in [0.2, 0.25) is 0 Å². The molecule has 3 aromatic carbocycles. The van der Waals surface area contributed by atoms with E-state index in [1.165, 1.54) is 0 Å². The van der Waals surface area contributed by atoms with Gasteiger partial charge in [-0.3, -0.25) is 34.4 Å². The molecule has 8 heterocycles. The first-order valence-electron chi connectivity index (χ1n) is 23.5. The van der Waals surface area contributed by atoms with Crippen LogP contribution in [-0.4, -0.2) is 119 Å². The van der Waals surface area contributed by atoms with Crippen LogP contribution in [0.5, 0.6) is 6.01 Å². The molecule has 66 heavy (non-hydrogen) atoms. The van der Waals surface area contributed by atoms with Gasteiger partial charge in [-0.05, 0) is 99.9 Å². The lowest BCUT2D eigenvalue weighted by Crippen LogP contribution is -2.54. The number of carbonyl (C=O) groups excluding carboxylic acids is 4. The molecule has 6 aliphatic heterocycles. The van der Waals surface area contributed by atoms with E-state index in [1.807, 2.05) is 42.5 Å². The third kappa shape index (κ3) is 7.69. The van der Waals surface area contributed by atoms with Crippen LogP contribution in [0.4, 0.5) is 15.9 Å². The van der Waals surface area contributed by atoms with Crippen molar-refractivity contribution in [2.45, 2.75) is 75.9 Å². The zero-order valence-corrected chi connectivity index (χ0v) is 36.8. The predicted octanol–water partition coefficient (Wildman–Crippen LogP) is 5.70. The Hall–Kier alpha value is -6.50. The van der Waals surface area contributed by atoms with Gasteiger partial charge >= 0.3 is 6.01 Å². The number of nitrogens with one attached hydrogen (secondary N) is 2. The van der Waals surface area contributed by atoms with Crippen molar-refractivity contribution in [2.75, 3.05) is 62.2 Å². The molecule has 0 aliphatic carbocycles. The fraction of sp³-hybridized carbons (Fsp3) is 0.431. The number of piperazine rings is 1. The maximum atomic E-state index is 17.0. The molecule has 6 aliphatic rings. The quantitative estimate of drug-likeness (QED) is 0.131. The summed E-state index contributed by atoms with van der Waals surface area (Å²) in [6.45, 7) is 6.51. The number of piperidine rings is 3. The number of amides is 4. The summed E-state index contributed by atoms with van der Waals surface area (Å²) < 4.78 is 23.3. The van der Waals surface area contributed by atoms with Gasteiger partial charge in [0.05, 0.1) is 28.8 Å². The number of hydrogen-bond acceptors (Lipinski definition) is 12. The SMILES string of the molecule is C#Cc1cccc2cccc(-c3ncc4c(N5CC6CCC(C5)N6)nc(OCCC5CCN(CC6CCN(c7cccc8c7C(=O)N(C7CCC(=O)NC7=O)C8=O)CC6)CC5)nc4c3F)c12. The maximum Gasteiger partial charge on any atom is 0.319 e. The maximum absolute atomic E-state index is 17.0. The molecule has 338 valence electrons. The van der Waals surface area contributed by atoms with Gasteiger partial charge in [0.1, 0.15) is 23.1 Å². The van der Waals surface area contributed by atoms with Gasteiger partial charge in [-0.25, -0.2) is 4.39 Å². The molecular formula is C51H52FN9O5. The van der Waals surface area contributed by atoms with Crippen LogP contribution in [0.25, 0.3) is 32.9 Å². The highest BCUT2D eigenvalue weighted by Crippen LogP contribution is 2.39. The van der Waals surface area contributed by atoms with Crippen molar-refractivity contribution in [2.24, 2.45) is 11.8 Å². The number of ether oxygens (including phenoxy) is 1. The number of carbonyl (C=O) groups is 4. The highest BCUT2D eigenvalue weighted by molar-refractivity contribution is 6.25. The number of rotatable bonds is 10. The molecule has 5 saturated heterocycles. The van der Waals surface area contributed by atoms with Crippen molar-refractivity contribution in [3.63, 3.8) is 0 Å². The molecule has 0 saturated carbocycles. The van der Waals surface area contributed by atoms with Crippen LogP contribution >= 0.6 is 0 Å². The molecular weight excluding hydrogens is 838 g/mol. The number of hydrogen-bond donors (Lipinski definition) is 2. The van der Waals surface area contributed by atoms with E-state index in [2.05, 4.69) is 31.3 Å². The van der Waals surface area contributed by atoms with E-state index in [-0.39, 0.29) is 30.1 Å². The molecule has 15 heteroatoms. The number of pyridine rings is 1. The molecule has 0 spiro atoms. The first-order valence-corrected chi connectivity index (χ1v) is 23.5. The third-order valence-corrected chi connectivity index (χ3v) is 14.9. The van der Waals surface area contributed by atoms with E-state index in [0.717, 1.165) is 112 Å². The highest BCUT2D eigenvalue weighted by Gasteiger charge is 2.46. The minimum Gasteiger partial charge on any atom is -0.463 e. The van der Waals surface area contributed by atoms with Crippen LogP contribution < -0.4 is 25.2 Å². The Morgan fingerprint density at radius 1 is 0.803 bits per heavy atom. The van der Waals surface area contributed by atoms with E-state index < -0.39 is 35.5 Å². The lowest BCUT2D eigenvalue weighted by atomic mass is 9.91. The molecule has 5 fully saturated rings. The topological polar surface area (TPSA) is 153 Å². The van der Waals surface area contributed by atoms with Gasteiger partial charge in [0, 0.05) is 73.9 Å². The standard InChI is InChI=1S/C51H52FN9O5/c1-2-32-6-3-7-33-8-4-9-36(42(32)33)45-44(52)46-38(26-53-45)47(60-28-34-12-13-35(29-60)54-34)57-51(56-46)66-25-20-30-16-21-58(22-17-30)27-31-18-23-59(24-19-31)39-11-5-10-37-43(39)50(65)61(49(37)64)40-14-15-41(62)55-48(40)63/h1,3-11,26,30-31,34-35,40,54H,12-25,27-29H2,(H,55,62,63). The normalized spacial score (nSPS) is 22.9. The van der Waals surface area contributed by atoms with Crippen molar-refractivity contribution >= 4 is 56.8 Å². The number of fused-ring (bicyclic) bond motifs is 5. The smallest absolute Gasteiger partial charge is 0.319 e. The van der Waals surface area contributed by atoms with Gasteiger partial charge in [-0.15, -0.1) is 6.42 Å². The van der Waals surface area contributed by atoms with E-state index in [4.69, 9.17) is 26.1 Å². The first-order chi connectivity index (χ1) is 32.2. The number of nitrogens with zero attached hydrogens (tertiary/aromatic N) is 7. The fourth-order valence-corrected chi connectivity index (χ4v) is 11.4. The summed E-state index contributed by atoms with van der Waals surface area (Å²) in [5, 5.41) is 8.21. The Morgan fingerprint density at radius 2 is 1.53 bits per heavy atom. The number of likely N-dealkylation sites (tertiary alicyclic amines) is 1. The lowest BCUT2D eigenvalue weighted by molar-refractivity contribution is -0.136. The summed E-state index contributed by atoms with van der Waals surface area (Å²) >= 11 is 0. The van der Waals surface area contributed by atoms with Crippen molar-refractivity contribution in [3.05, 3.63) is 83.3 Å². The average molecular weight is 890 g/mol. The number of imide groups is 2. The van der Waals surface area contributed by atoms with Gasteiger partial charge in [-0.1, -0.05) is 42.3 Å². The minimum absolute atomic E-state index is 0.0869. The molecule has 2 aromatic heterocycles. The average Bonchev–Trinajstić information content (AvgIpc) is 3.81. The van der Waals surface area contributed by atoms with Crippen molar-refractivity contribution in [1.29, 1.82) is 0 Å². The molecule has 11 rings (SSSR count). The van der Waals surface area contributed by atoms with Crippen molar-refractivity contribution < 1.29 is 28.3 Å². The first kappa shape index (κ1) is 42.2. The predicted molar refractivity (Wildman–Crippen MR) is 248 cm³/mol. The Kier molecular flexibility index (Phi) is 11.1. The summed E-state index contributed by atoms with van der Waals surface area (Å²) in [6, 6.07) is 16.7. The van der Waals surface area contributed by atoms with E-state index in [9.17, 15) is 19.2 Å². The molecule has 4 amide bonds.